The number of rotatable bonds is 2. The first-order valence-electron chi connectivity index (χ1n) is 5.22. The molecule has 0 bridgehead atoms. The molecule has 1 N–H and O–H groups in total. The number of likely N-dealkylation sites (N-methyl/N-ethyl adjacent to an activating group) is 1. The molecule has 1 aromatic heterocycles. The molecule has 1 saturated heterocycles. The average Bonchev–Trinajstić information content (AvgIpc) is 2.71. The first-order valence-corrected chi connectivity index (χ1v) is 6.10. The molecule has 1 fully saturated rings. The maximum absolute atomic E-state index is 10.7. The highest BCUT2D eigenvalue weighted by atomic mass is 32.1. The lowest BCUT2D eigenvalue weighted by atomic mass is 10.2. The van der Waals surface area contributed by atoms with Gasteiger partial charge in [-0.25, -0.2) is 9.78 Å². The van der Waals surface area contributed by atoms with Crippen molar-refractivity contribution in [3.05, 3.63) is 11.1 Å². The lowest BCUT2D eigenvalue weighted by molar-refractivity contribution is 0.0691. The third-order valence-electron chi connectivity index (χ3n) is 2.94. The first-order chi connectivity index (χ1) is 7.58. The summed E-state index contributed by atoms with van der Waals surface area (Å²) in [4.78, 5) is 19.3. The van der Waals surface area contributed by atoms with Gasteiger partial charge in [0, 0.05) is 31.1 Å². The number of aromatic nitrogens is 1. The van der Waals surface area contributed by atoms with Crippen LogP contribution in [0.15, 0.2) is 5.38 Å². The van der Waals surface area contributed by atoms with E-state index in [0.29, 0.717) is 6.04 Å². The number of aromatic carboxylic acids is 1. The van der Waals surface area contributed by atoms with E-state index in [0.717, 1.165) is 24.8 Å². The van der Waals surface area contributed by atoms with E-state index in [1.54, 1.807) is 5.38 Å². The Morgan fingerprint density at radius 1 is 1.62 bits per heavy atom. The first kappa shape index (κ1) is 11.3. The number of carboxylic acid groups (broad SMARTS) is 1. The predicted molar refractivity (Wildman–Crippen MR) is 63.4 cm³/mol. The normalized spacial score (nSPS) is 22.4. The Balaban J connectivity index is 2.09. The number of nitrogens with zero attached hydrogens (tertiary/aromatic N) is 3. The Bertz CT molecular complexity index is 393. The molecule has 1 unspecified atom stereocenters. The maximum Gasteiger partial charge on any atom is 0.355 e. The molecule has 2 heterocycles. The zero-order chi connectivity index (χ0) is 11.7. The highest BCUT2D eigenvalue weighted by molar-refractivity contribution is 7.13. The number of anilines is 1. The summed E-state index contributed by atoms with van der Waals surface area (Å²) in [6.07, 6.45) is 0. The quantitative estimate of drug-likeness (QED) is 0.836. The number of hydrogen-bond donors (Lipinski definition) is 1. The van der Waals surface area contributed by atoms with E-state index >= 15 is 0 Å². The predicted octanol–water partition coefficient (Wildman–Crippen LogP) is 0.982. The molecule has 1 atom stereocenters. The molecule has 6 heteroatoms. The highest BCUT2D eigenvalue weighted by Gasteiger charge is 2.23. The fourth-order valence-electron chi connectivity index (χ4n) is 1.73. The van der Waals surface area contributed by atoms with E-state index in [-0.39, 0.29) is 5.69 Å². The van der Waals surface area contributed by atoms with E-state index in [4.69, 9.17) is 5.11 Å². The van der Waals surface area contributed by atoms with Gasteiger partial charge in [0.15, 0.2) is 10.8 Å². The van der Waals surface area contributed by atoms with Crippen molar-refractivity contribution in [1.29, 1.82) is 0 Å². The van der Waals surface area contributed by atoms with Crippen LogP contribution < -0.4 is 4.90 Å². The van der Waals surface area contributed by atoms with Gasteiger partial charge in [-0.2, -0.15) is 0 Å². The van der Waals surface area contributed by atoms with Gasteiger partial charge in [0.1, 0.15) is 0 Å². The smallest absolute Gasteiger partial charge is 0.355 e. The van der Waals surface area contributed by atoms with E-state index in [1.165, 1.54) is 11.3 Å². The summed E-state index contributed by atoms with van der Waals surface area (Å²) in [5.41, 5.74) is 0.145. The molecule has 0 spiro atoms. The van der Waals surface area contributed by atoms with Crippen molar-refractivity contribution < 1.29 is 9.90 Å². The van der Waals surface area contributed by atoms with Crippen LogP contribution in [-0.4, -0.2) is 53.7 Å². The van der Waals surface area contributed by atoms with Crippen LogP contribution in [0.4, 0.5) is 5.13 Å². The molecule has 0 aliphatic carbocycles. The third-order valence-corrected chi connectivity index (χ3v) is 3.84. The number of hydrogen-bond acceptors (Lipinski definition) is 5. The van der Waals surface area contributed by atoms with E-state index < -0.39 is 5.97 Å². The van der Waals surface area contributed by atoms with E-state index in [1.807, 2.05) is 0 Å². The van der Waals surface area contributed by atoms with Gasteiger partial charge in [-0.05, 0) is 14.0 Å². The Kier molecular flexibility index (Phi) is 3.11. The van der Waals surface area contributed by atoms with Gasteiger partial charge in [-0.3, -0.25) is 0 Å². The number of piperazine rings is 1. The minimum absolute atomic E-state index is 0.145. The Hall–Kier alpha value is -1.14. The summed E-state index contributed by atoms with van der Waals surface area (Å²) >= 11 is 1.40. The van der Waals surface area contributed by atoms with Gasteiger partial charge in [0.25, 0.3) is 0 Å². The standard InChI is InChI=1S/C10H15N3O2S/c1-7-5-13(4-3-12(7)2)10-11-8(6-16-10)9(14)15/h6-7H,3-5H2,1-2H3,(H,14,15). The lowest BCUT2D eigenvalue weighted by Gasteiger charge is -2.37. The summed E-state index contributed by atoms with van der Waals surface area (Å²) in [6, 6.07) is 0.478. The van der Waals surface area contributed by atoms with Crippen molar-refractivity contribution in [2.75, 3.05) is 31.6 Å². The second kappa shape index (κ2) is 4.39. The zero-order valence-electron chi connectivity index (χ0n) is 9.38. The lowest BCUT2D eigenvalue weighted by Crippen LogP contribution is -2.50. The minimum Gasteiger partial charge on any atom is -0.476 e. The van der Waals surface area contributed by atoms with Crippen LogP contribution in [0.2, 0.25) is 0 Å². The van der Waals surface area contributed by atoms with Crippen molar-refractivity contribution in [2.45, 2.75) is 13.0 Å². The summed E-state index contributed by atoms with van der Waals surface area (Å²) in [6.45, 7) is 4.97. The Labute approximate surface area is 98.3 Å². The van der Waals surface area contributed by atoms with Gasteiger partial charge in [-0.1, -0.05) is 0 Å². The fourth-order valence-corrected chi connectivity index (χ4v) is 2.57. The highest BCUT2D eigenvalue weighted by Crippen LogP contribution is 2.23. The van der Waals surface area contributed by atoms with Crippen LogP contribution in [0.25, 0.3) is 0 Å². The van der Waals surface area contributed by atoms with Crippen molar-refractivity contribution >= 4 is 22.4 Å². The summed E-state index contributed by atoms with van der Waals surface area (Å²) in [5.74, 6) is -0.954. The molecule has 5 nitrogen and oxygen atoms in total. The molecule has 1 aromatic rings. The molecule has 88 valence electrons. The van der Waals surface area contributed by atoms with Gasteiger partial charge >= 0.3 is 5.97 Å². The Morgan fingerprint density at radius 3 is 2.94 bits per heavy atom. The van der Waals surface area contributed by atoms with Crippen LogP contribution in [0.5, 0.6) is 0 Å². The molecular weight excluding hydrogens is 226 g/mol. The monoisotopic (exact) mass is 241 g/mol. The van der Waals surface area contributed by atoms with Crippen molar-refractivity contribution in [3.8, 4) is 0 Å². The van der Waals surface area contributed by atoms with Gasteiger partial charge in [0.05, 0.1) is 0 Å². The van der Waals surface area contributed by atoms with Gasteiger partial charge in [0.2, 0.25) is 0 Å². The topological polar surface area (TPSA) is 56.7 Å². The second-order valence-electron chi connectivity index (χ2n) is 4.10. The van der Waals surface area contributed by atoms with Crippen molar-refractivity contribution in [3.63, 3.8) is 0 Å². The van der Waals surface area contributed by atoms with Crippen LogP contribution in [0.1, 0.15) is 17.4 Å². The fraction of sp³-hybridized carbons (Fsp3) is 0.600. The molecule has 1 aliphatic heterocycles. The maximum atomic E-state index is 10.7. The summed E-state index contributed by atoms with van der Waals surface area (Å²) in [5, 5.41) is 11.2. The number of carbonyl (C=O) groups is 1. The zero-order valence-corrected chi connectivity index (χ0v) is 10.2. The largest absolute Gasteiger partial charge is 0.476 e. The van der Waals surface area contributed by atoms with Crippen LogP contribution in [0, 0.1) is 0 Å². The molecule has 2 rings (SSSR count). The number of thiazole rings is 1. The molecule has 0 amide bonds. The van der Waals surface area contributed by atoms with Crippen molar-refractivity contribution in [2.24, 2.45) is 0 Å². The van der Waals surface area contributed by atoms with Crippen LogP contribution in [-0.2, 0) is 0 Å². The van der Waals surface area contributed by atoms with Gasteiger partial charge < -0.3 is 14.9 Å². The summed E-state index contributed by atoms with van der Waals surface area (Å²) < 4.78 is 0. The second-order valence-corrected chi connectivity index (χ2v) is 4.93. The molecule has 16 heavy (non-hydrogen) atoms. The van der Waals surface area contributed by atoms with E-state index in [9.17, 15) is 4.79 Å². The molecule has 0 aromatic carbocycles. The van der Waals surface area contributed by atoms with Crippen LogP contribution in [0.3, 0.4) is 0 Å². The van der Waals surface area contributed by atoms with Crippen molar-refractivity contribution in [1.82, 2.24) is 9.88 Å². The molecule has 0 saturated carbocycles. The molecule has 1 aliphatic rings. The van der Waals surface area contributed by atoms with Gasteiger partial charge in [-0.15, -0.1) is 11.3 Å². The molecule has 0 radical (unpaired) electrons. The minimum atomic E-state index is -0.954. The Morgan fingerprint density at radius 2 is 2.38 bits per heavy atom. The molecular formula is C10H15N3O2S. The third kappa shape index (κ3) is 2.17. The number of carboxylic acids is 1. The van der Waals surface area contributed by atoms with E-state index in [2.05, 4.69) is 28.8 Å². The van der Waals surface area contributed by atoms with Crippen LogP contribution >= 0.6 is 11.3 Å². The average molecular weight is 241 g/mol. The SMILES string of the molecule is CC1CN(c2nc(C(=O)O)cs2)CCN1C. The summed E-state index contributed by atoms with van der Waals surface area (Å²) in [7, 11) is 2.10.